The lowest BCUT2D eigenvalue weighted by atomic mass is 10.1. The van der Waals surface area contributed by atoms with Crippen molar-refractivity contribution < 1.29 is 14.3 Å². The van der Waals surface area contributed by atoms with E-state index in [1.165, 1.54) is 18.2 Å². The van der Waals surface area contributed by atoms with E-state index in [9.17, 15) is 9.59 Å². The molecule has 2 heterocycles. The van der Waals surface area contributed by atoms with Crippen LogP contribution in [-0.2, 0) is 14.3 Å². The van der Waals surface area contributed by atoms with Gasteiger partial charge in [-0.15, -0.1) is 0 Å². The van der Waals surface area contributed by atoms with Crippen molar-refractivity contribution in [3.63, 3.8) is 0 Å². The maximum atomic E-state index is 11.9. The Morgan fingerprint density at radius 1 is 1.63 bits per heavy atom. The van der Waals surface area contributed by atoms with Crippen LogP contribution in [0, 0.1) is 24.2 Å². The molecule has 0 bridgehead atoms. The predicted molar refractivity (Wildman–Crippen MR) is 66.2 cm³/mol. The Kier molecular flexibility index (Phi) is 3.47. The summed E-state index contributed by atoms with van der Waals surface area (Å²) in [5, 5.41) is 8.84. The fourth-order valence-corrected chi connectivity index (χ4v) is 2.06. The van der Waals surface area contributed by atoms with E-state index >= 15 is 0 Å². The second-order valence-electron chi connectivity index (χ2n) is 4.40. The Morgan fingerprint density at radius 2 is 2.37 bits per heavy atom. The van der Waals surface area contributed by atoms with Crippen LogP contribution in [0.4, 0.5) is 5.82 Å². The molecule has 6 nitrogen and oxygen atoms in total. The zero-order valence-corrected chi connectivity index (χ0v) is 10.7. The third-order valence-corrected chi connectivity index (χ3v) is 3.15. The molecule has 6 heteroatoms. The summed E-state index contributed by atoms with van der Waals surface area (Å²) in [7, 11) is 1.31. The number of anilines is 1. The second-order valence-corrected chi connectivity index (χ2v) is 4.40. The van der Waals surface area contributed by atoms with E-state index in [2.05, 4.69) is 9.72 Å². The topological polar surface area (TPSA) is 83.3 Å². The molecule has 1 unspecified atom stereocenters. The van der Waals surface area contributed by atoms with Gasteiger partial charge in [-0.3, -0.25) is 14.5 Å². The number of aromatic nitrogens is 1. The minimum atomic E-state index is -0.449. The fraction of sp³-hybridized carbons (Fsp3) is 0.385. The molecule has 1 aliphatic heterocycles. The number of nitriles is 1. The first-order chi connectivity index (χ1) is 9.06. The molecule has 0 N–H and O–H groups in total. The van der Waals surface area contributed by atoms with Gasteiger partial charge in [0.05, 0.1) is 18.6 Å². The van der Waals surface area contributed by atoms with Crippen molar-refractivity contribution in [1.29, 1.82) is 5.26 Å². The summed E-state index contributed by atoms with van der Waals surface area (Å²) < 4.78 is 4.65. The maximum Gasteiger partial charge on any atom is 0.311 e. The van der Waals surface area contributed by atoms with Crippen molar-refractivity contribution in [2.75, 3.05) is 18.6 Å². The molecule has 1 atom stereocenters. The van der Waals surface area contributed by atoms with Crippen molar-refractivity contribution in [3.8, 4) is 6.07 Å². The molecule has 1 aromatic heterocycles. The highest BCUT2D eigenvalue weighted by molar-refractivity contribution is 5.98. The standard InChI is InChI=1S/C13H13N3O3/c1-8-3-11(15-6-10(8)5-14)16-7-9(4-12(16)17)13(18)19-2/h3,6,9H,4,7H2,1-2H3. The van der Waals surface area contributed by atoms with E-state index in [0.29, 0.717) is 11.4 Å². The molecule has 1 fully saturated rings. The Hall–Kier alpha value is -2.42. The summed E-state index contributed by atoms with van der Waals surface area (Å²) in [5.41, 5.74) is 1.22. The number of aryl methyl sites for hydroxylation is 1. The van der Waals surface area contributed by atoms with Gasteiger partial charge in [-0.25, -0.2) is 4.98 Å². The highest BCUT2D eigenvalue weighted by atomic mass is 16.5. The number of pyridine rings is 1. The van der Waals surface area contributed by atoms with Crippen LogP contribution in [0.5, 0.6) is 0 Å². The van der Waals surface area contributed by atoms with Crippen LogP contribution in [0.2, 0.25) is 0 Å². The van der Waals surface area contributed by atoms with Gasteiger partial charge >= 0.3 is 5.97 Å². The van der Waals surface area contributed by atoms with Crippen molar-refractivity contribution >= 4 is 17.7 Å². The van der Waals surface area contributed by atoms with Crippen LogP contribution >= 0.6 is 0 Å². The van der Waals surface area contributed by atoms with Crippen LogP contribution in [-0.4, -0.2) is 30.5 Å². The van der Waals surface area contributed by atoms with Gasteiger partial charge in [-0.1, -0.05) is 0 Å². The summed E-state index contributed by atoms with van der Waals surface area (Å²) in [6, 6.07) is 3.70. The van der Waals surface area contributed by atoms with Crippen molar-refractivity contribution in [3.05, 3.63) is 23.4 Å². The van der Waals surface area contributed by atoms with E-state index in [1.54, 1.807) is 13.0 Å². The molecule has 1 aliphatic rings. The molecule has 0 aromatic carbocycles. The monoisotopic (exact) mass is 259 g/mol. The quantitative estimate of drug-likeness (QED) is 0.733. The largest absolute Gasteiger partial charge is 0.469 e. The number of ether oxygens (including phenoxy) is 1. The molecular formula is C13H13N3O3. The summed E-state index contributed by atoms with van der Waals surface area (Å²) in [5.74, 6) is -0.531. The Balaban J connectivity index is 2.24. The lowest BCUT2D eigenvalue weighted by molar-refractivity contribution is -0.145. The summed E-state index contributed by atoms with van der Waals surface area (Å²) in [6.45, 7) is 2.05. The van der Waals surface area contributed by atoms with E-state index in [-0.39, 0.29) is 24.8 Å². The average Bonchev–Trinajstić information content (AvgIpc) is 2.80. The number of hydrogen-bond donors (Lipinski definition) is 0. The molecule has 0 aliphatic carbocycles. The van der Waals surface area contributed by atoms with Crippen molar-refractivity contribution in [2.45, 2.75) is 13.3 Å². The molecule has 0 radical (unpaired) electrons. The number of hydrogen-bond acceptors (Lipinski definition) is 5. The van der Waals surface area contributed by atoms with Crippen molar-refractivity contribution in [2.24, 2.45) is 5.92 Å². The number of esters is 1. The van der Waals surface area contributed by atoms with Gasteiger partial charge in [0.25, 0.3) is 0 Å². The van der Waals surface area contributed by atoms with E-state index < -0.39 is 5.92 Å². The first-order valence-corrected chi connectivity index (χ1v) is 5.81. The van der Waals surface area contributed by atoms with Gasteiger partial charge in [-0.05, 0) is 18.6 Å². The van der Waals surface area contributed by atoms with Crippen LogP contribution in [0.15, 0.2) is 12.3 Å². The van der Waals surface area contributed by atoms with Crippen LogP contribution in [0.3, 0.4) is 0 Å². The second kappa shape index (κ2) is 5.06. The SMILES string of the molecule is COC(=O)C1CC(=O)N(c2cc(C)c(C#N)cn2)C1. The maximum absolute atomic E-state index is 11.9. The lowest BCUT2D eigenvalue weighted by Gasteiger charge is -2.15. The van der Waals surface area contributed by atoms with Gasteiger partial charge in [0.2, 0.25) is 5.91 Å². The first kappa shape index (κ1) is 13.0. The van der Waals surface area contributed by atoms with E-state index in [0.717, 1.165) is 5.56 Å². The zero-order chi connectivity index (χ0) is 14.0. The fourth-order valence-electron chi connectivity index (χ4n) is 2.06. The van der Waals surface area contributed by atoms with Gasteiger partial charge in [0.1, 0.15) is 11.9 Å². The molecule has 1 aromatic rings. The Labute approximate surface area is 110 Å². The van der Waals surface area contributed by atoms with Gasteiger partial charge < -0.3 is 4.74 Å². The summed E-state index contributed by atoms with van der Waals surface area (Å²) in [4.78, 5) is 28.9. The average molecular weight is 259 g/mol. The number of carbonyl (C=O) groups excluding carboxylic acids is 2. The number of amides is 1. The van der Waals surface area contributed by atoms with Crippen LogP contribution < -0.4 is 4.90 Å². The van der Waals surface area contributed by atoms with Crippen molar-refractivity contribution in [1.82, 2.24) is 4.98 Å². The lowest BCUT2D eigenvalue weighted by Crippen LogP contribution is -2.27. The van der Waals surface area contributed by atoms with Crippen LogP contribution in [0.25, 0.3) is 0 Å². The number of nitrogens with zero attached hydrogens (tertiary/aromatic N) is 3. The number of rotatable bonds is 2. The molecule has 98 valence electrons. The van der Waals surface area contributed by atoms with Crippen LogP contribution in [0.1, 0.15) is 17.5 Å². The first-order valence-electron chi connectivity index (χ1n) is 5.81. The smallest absolute Gasteiger partial charge is 0.311 e. The zero-order valence-electron chi connectivity index (χ0n) is 10.7. The Bertz CT molecular complexity index is 577. The number of methoxy groups -OCH3 is 1. The molecule has 1 amide bonds. The minimum Gasteiger partial charge on any atom is -0.469 e. The van der Waals surface area contributed by atoms with E-state index in [4.69, 9.17) is 5.26 Å². The third kappa shape index (κ3) is 2.40. The van der Waals surface area contributed by atoms with Gasteiger partial charge in [0, 0.05) is 19.2 Å². The predicted octanol–water partition coefficient (Wildman–Crippen LogP) is 0.788. The minimum absolute atomic E-state index is 0.132. The van der Waals surface area contributed by atoms with Gasteiger partial charge in [0.15, 0.2) is 0 Å². The highest BCUT2D eigenvalue weighted by Gasteiger charge is 2.36. The third-order valence-electron chi connectivity index (χ3n) is 3.15. The number of carbonyl (C=O) groups is 2. The molecule has 0 spiro atoms. The Morgan fingerprint density at radius 3 is 2.95 bits per heavy atom. The normalized spacial score (nSPS) is 18.3. The molecule has 19 heavy (non-hydrogen) atoms. The van der Waals surface area contributed by atoms with Gasteiger partial charge in [-0.2, -0.15) is 5.26 Å². The molecule has 0 saturated carbocycles. The van der Waals surface area contributed by atoms with E-state index in [1.807, 2.05) is 6.07 Å². The summed E-state index contributed by atoms with van der Waals surface area (Å²) in [6.07, 6.45) is 1.57. The molecular weight excluding hydrogens is 246 g/mol. The highest BCUT2D eigenvalue weighted by Crippen LogP contribution is 2.25. The molecule has 2 rings (SSSR count). The molecule has 1 saturated heterocycles. The summed E-state index contributed by atoms with van der Waals surface area (Å²) >= 11 is 0.